The van der Waals surface area contributed by atoms with E-state index in [4.69, 9.17) is 9.52 Å². The van der Waals surface area contributed by atoms with Crippen molar-refractivity contribution in [3.8, 4) is 11.5 Å². The number of nitrogens with zero attached hydrogens (tertiary/aromatic N) is 2. The number of carboxylic acids is 1. The highest BCUT2D eigenvalue weighted by atomic mass is 32.2. The molecule has 1 aliphatic rings. The van der Waals surface area contributed by atoms with Gasteiger partial charge in [-0.15, -0.1) is 0 Å². The molecule has 0 radical (unpaired) electrons. The minimum Gasteiger partial charge on any atom is -0.481 e. The van der Waals surface area contributed by atoms with Crippen LogP contribution in [0, 0.1) is 5.82 Å². The van der Waals surface area contributed by atoms with E-state index in [1.807, 2.05) is 0 Å². The number of carbonyl (C=O) groups excluding carboxylic acids is 1. The van der Waals surface area contributed by atoms with Crippen molar-refractivity contribution in [1.82, 2.24) is 9.88 Å². The summed E-state index contributed by atoms with van der Waals surface area (Å²) in [6, 6.07) is 5.43. The van der Waals surface area contributed by atoms with Gasteiger partial charge in [0, 0.05) is 23.6 Å². The summed E-state index contributed by atoms with van der Waals surface area (Å²) in [6.07, 6.45) is 1.39. The molecule has 1 aromatic carbocycles. The predicted octanol–water partition coefficient (Wildman–Crippen LogP) is 2.44. The molecule has 1 aliphatic heterocycles. The highest BCUT2D eigenvalue weighted by molar-refractivity contribution is 7.99. The molecule has 1 unspecified atom stereocenters. The number of rotatable bonds is 5. The molecule has 3 rings (SSSR count). The van der Waals surface area contributed by atoms with Crippen molar-refractivity contribution in [1.29, 1.82) is 0 Å². The minimum atomic E-state index is -0.912. The zero-order chi connectivity index (χ0) is 17.8. The second-order valence-electron chi connectivity index (χ2n) is 5.74. The molecule has 1 N–H and O–H groups in total. The summed E-state index contributed by atoms with van der Waals surface area (Å²) in [6.45, 7) is 0.532. The van der Waals surface area contributed by atoms with Crippen molar-refractivity contribution < 1.29 is 23.5 Å². The molecule has 2 heterocycles. The number of carboxylic acid groups (broad SMARTS) is 1. The summed E-state index contributed by atoms with van der Waals surface area (Å²) in [4.78, 5) is 29.4. The van der Waals surface area contributed by atoms with Gasteiger partial charge in [0.05, 0.1) is 24.6 Å². The molecule has 0 bridgehead atoms. The number of carbonyl (C=O) groups is 2. The Kier molecular flexibility index (Phi) is 5.37. The number of aliphatic carboxylic acids is 1. The second kappa shape index (κ2) is 7.69. The molecule has 0 saturated carbocycles. The van der Waals surface area contributed by atoms with Crippen LogP contribution in [0.5, 0.6) is 0 Å². The van der Waals surface area contributed by atoms with Crippen LogP contribution in [0.1, 0.15) is 12.1 Å². The van der Waals surface area contributed by atoms with Crippen molar-refractivity contribution in [2.45, 2.75) is 18.9 Å². The molecule has 2 aromatic rings. The van der Waals surface area contributed by atoms with Crippen LogP contribution in [-0.4, -0.2) is 51.0 Å². The lowest BCUT2D eigenvalue weighted by molar-refractivity contribution is -0.140. The molecule has 25 heavy (non-hydrogen) atoms. The van der Waals surface area contributed by atoms with Crippen LogP contribution in [0.25, 0.3) is 11.5 Å². The molecule has 1 atom stereocenters. The average molecular weight is 364 g/mol. The first kappa shape index (κ1) is 17.5. The van der Waals surface area contributed by atoms with Crippen molar-refractivity contribution >= 4 is 23.6 Å². The summed E-state index contributed by atoms with van der Waals surface area (Å²) >= 11 is 1.65. The molecule has 1 saturated heterocycles. The van der Waals surface area contributed by atoms with E-state index in [0.29, 0.717) is 29.4 Å². The van der Waals surface area contributed by atoms with E-state index in [2.05, 4.69) is 4.98 Å². The lowest BCUT2D eigenvalue weighted by Crippen LogP contribution is -2.47. The monoisotopic (exact) mass is 364 g/mol. The number of hydrogen-bond acceptors (Lipinski definition) is 5. The number of aromatic nitrogens is 1. The fourth-order valence-electron chi connectivity index (χ4n) is 2.72. The maximum Gasteiger partial charge on any atom is 0.305 e. The number of thioether (sulfide) groups is 1. The molecule has 8 heteroatoms. The van der Waals surface area contributed by atoms with Gasteiger partial charge in [0.1, 0.15) is 12.1 Å². The van der Waals surface area contributed by atoms with Crippen LogP contribution >= 0.6 is 11.8 Å². The Hall–Kier alpha value is -2.35. The number of oxazole rings is 1. The van der Waals surface area contributed by atoms with E-state index in [0.717, 1.165) is 5.75 Å². The van der Waals surface area contributed by atoms with Crippen LogP contribution in [0.2, 0.25) is 0 Å². The lowest BCUT2D eigenvalue weighted by atomic mass is 10.1. The van der Waals surface area contributed by atoms with Crippen LogP contribution in [0.3, 0.4) is 0 Å². The summed E-state index contributed by atoms with van der Waals surface area (Å²) < 4.78 is 18.3. The summed E-state index contributed by atoms with van der Waals surface area (Å²) in [5, 5.41) is 9.00. The Morgan fingerprint density at radius 1 is 1.36 bits per heavy atom. The molecule has 0 spiro atoms. The standard InChI is InChI=1S/C17H17FN2O4S/c18-12-3-1-11(2-4-12)17-19-13(9-24-17)7-15(21)20-5-6-25-10-14(20)8-16(22)23/h1-4,9,14H,5-8,10H2,(H,22,23). The second-order valence-corrected chi connectivity index (χ2v) is 6.89. The first-order chi connectivity index (χ1) is 12.0. The Balaban J connectivity index is 1.68. The van der Waals surface area contributed by atoms with E-state index in [1.54, 1.807) is 28.8 Å². The van der Waals surface area contributed by atoms with Gasteiger partial charge < -0.3 is 14.4 Å². The van der Waals surface area contributed by atoms with Crippen LogP contribution in [-0.2, 0) is 16.0 Å². The molecule has 0 aliphatic carbocycles. The predicted molar refractivity (Wildman–Crippen MR) is 90.7 cm³/mol. The minimum absolute atomic E-state index is 0.0471. The lowest BCUT2D eigenvalue weighted by Gasteiger charge is -2.34. The van der Waals surface area contributed by atoms with Gasteiger partial charge in [-0.3, -0.25) is 9.59 Å². The molecular weight excluding hydrogens is 347 g/mol. The van der Waals surface area contributed by atoms with Crippen LogP contribution in [0.4, 0.5) is 4.39 Å². The highest BCUT2D eigenvalue weighted by Gasteiger charge is 2.29. The van der Waals surface area contributed by atoms with Gasteiger partial charge in [0.15, 0.2) is 0 Å². The molecule has 1 aromatic heterocycles. The fourth-order valence-corrected chi connectivity index (χ4v) is 3.79. The summed E-state index contributed by atoms with van der Waals surface area (Å²) in [5.41, 5.74) is 1.09. The van der Waals surface area contributed by atoms with E-state index < -0.39 is 5.97 Å². The summed E-state index contributed by atoms with van der Waals surface area (Å²) in [7, 11) is 0. The van der Waals surface area contributed by atoms with Gasteiger partial charge in [0.2, 0.25) is 11.8 Å². The van der Waals surface area contributed by atoms with E-state index in [-0.39, 0.29) is 30.6 Å². The fraction of sp³-hybridized carbons (Fsp3) is 0.353. The highest BCUT2D eigenvalue weighted by Crippen LogP contribution is 2.22. The molecule has 1 amide bonds. The van der Waals surface area contributed by atoms with E-state index in [1.165, 1.54) is 18.4 Å². The van der Waals surface area contributed by atoms with Gasteiger partial charge in [-0.05, 0) is 24.3 Å². The van der Waals surface area contributed by atoms with Gasteiger partial charge in [0.25, 0.3) is 0 Å². The average Bonchev–Trinajstić information content (AvgIpc) is 3.04. The maximum absolute atomic E-state index is 13.0. The third-order valence-corrected chi connectivity index (χ3v) is 5.03. The molecule has 132 valence electrons. The zero-order valence-corrected chi connectivity index (χ0v) is 14.2. The van der Waals surface area contributed by atoms with Gasteiger partial charge in [-0.1, -0.05) is 0 Å². The number of hydrogen-bond donors (Lipinski definition) is 1. The van der Waals surface area contributed by atoms with Crippen molar-refractivity contribution in [2.75, 3.05) is 18.1 Å². The normalized spacial score (nSPS) is 17.5. The quantitative estimate of drug-likeness (QED) is 0.877. The number of halogens is 1. The van der Waals surface area contributed by atoms with Gasteiger partial charge in [-0.2, -0.15) is 11.8 Å². The third kappa shape index (κ3) is 4.39. The molecule has 1 fully saturated rings. The van der Waals surface area contributed by atoms with Gasteiger partial charge >= 0.3 is 5.97 Å². The number of amides is 1. The number of benzene rings is 1. The largest absolute Gasteiger partial charge is 0.481 e. The summed E-state index contributed by atoms with van der Waals surface area (Å²) in [5.74, 6) is 0.312. The van der Waals surface area contributed by atoms with Crippen molar-refractivity contribution in [2.24, 2.45) is 0 Å². The first-order valence-electron chi connectivity index (χ1n) is 7.82. The molecule has 6 nitrogen and oxygen atoms in total. The van der Waals surface area contributed by atoms with Gasteiger partial charge in [-0.25, -0.2) is 9.37 Å². The third-order valence-electron chi connectivity index (χ3n) is 3.93. The zero-order valence-electron chi connectivity index (χ0n) is 13.4. The van der Waals surface area contributed by atoms with Crippen molar-refractivity contribution in [3.05, 3.63) is 42.0 Å². The Bertz CT molecular complexity index is 762. The van der Waals surface area contributed by atoms with E-state index >= 15 is 0 Å². The Morgan fingerprint density at radius 3 is 2.84 bits per heavy atom. The Labute approximate surface area is 148 Å². The van der Waals surface area contributed by atoms with Crippen LogP contribution in [0.15, 0.2) is 34.9 Å². The maximum atomic E-state index is 13.0. The Morgan fingerprint density at radius 2 is 2.12 bits per heavy atom. The van der Waals surface area contributed by atoms with E-state index in [9.17, 15) is 14.0 Å². The first-order valence-corrected chi connectivity index (χ1v) is 8.98. The van der Waals surface area contributed by atoms with Crippen molar-refractivity contribution in [3.63, 3.8) is 0 Å². The van der Waals surface area contributed by atoms with Crippen LogP contribution < -0.4 is 0 Å². The SMILES string of the molecule is O=C(O)CC1CSCCN1C(=O)Cc1coc(-c2ccc(F)cc2)n1. The molecular formula is C17H17FN2O4S. The topological polar surface area (TPSA) is 83.6 Å². The smallest absolute Gasteiger partial charge is 0.305 e.